The monoisotopic (exact) mass is 430 g/mol. The van der Waals surface area contributed by atoms with Crippen molar-refractivity contribution in [1.29, 1.82) is 0 Å². The standard InChI is InChI=1S/C24H19ClN4O2/c25-20-11-13-21(14-12-20)31-17-23(30)28-24-27-22(19-9-5-2-6-10-19)16-29(24)26-15-18-7-3-1-4-8-18/h1-16H,17H2,(H,27,28,30)/b26-15-. The van der Waals surface area contributed by atoms with Crippen molar-refractivity contribution in [1.82, 2.24) is 9.66 Å². The summed E-state index contributed by atoms with van der Waals surface area (Å²) in [6, 6.07) is 26.2. The molecular formula is C24H19ClN4O2. The van der Waals surface area contributed by atoms with Crippen molar-refractivity contribution in [3.63, 3.8) is 0 Å². The molecule has 0 saturated carbocycles. The Kier molecular flexibility index (Phi) is 6.40. The highest BCUT2D eigenvalue weighted by Gasteiger charge is 2.13. The number of imidazole rings is 1. The van der Waals surface area contributed by atoms with Crippen LogP contribution in [-0.2, 0) is 4.79 Å². The van der Waals surface area contributed by atoms with Gasteiger partial charge in [-0.15, -0.1) is 0 Å². The molecule has 1 heterocycles. The van der Waals surface area contributed by atoms with Crippen LogP contribution < -0.4 is 10.1 Å². The molecule has 31 heavy (non-hydrogen) atoms. The van der Waals surface area contributed by atoms with Crippen LogP contribution >= 0.6 is 11.6 Å². The second kappa shape index (κ2) is 9.73. The Balaban J connectivity index is 1.52. The van der Waals surface area contributed by atoms with Gasteiger partial charge in [0.1, 0.15) is 5.75 Å². The molecule has 1 amide bonds. The van der Waals surface area contributed by atoms with E-state index in [0.717, 1.165) is 11.1 Å². The van der Waals surface area contributed by atoms with Crippen molar-refractivity contribution < 1.29 is 9.53 Å². The summed E-state index contributed by atoms with van der Waals surface area (Å²) in [7, 11) is 0. The van der Waals surface area contributed by atoms with Crippen LogP contribution in [-0.4, -0.2) is 28.4 Å². The number of halogens is 1. The van der Waals surface area contributed by atoms with Gasteiger partial charge in [0.15, 0.2) is 6.61 Å². The molecule has 154 valence electrons. The minimum Gasteiger partial charge on any atom is -0.484 e. The lowest BCUT2D eigenvalue weighted by Crippen LogP contribution is -2.22. The van der Waals surface area contributed by atoms with Crippen LogP contribution in [0.15, 0.2) is 96.2 Å². The van der Waals surface area contributed by atoms with E-state index >= 15 is 0 Å². The number of nitrogens with zero attached hydrogens (tertiary/aromatic N) is 3. The number of carbonyl (C=O) groups is 1. The molecule has 3 aromatic carbocycles. The number of anilines is 1. The maximum atomic E-state index is 12.5. The average Bonchev–Trinajstić information content (AvgIpc) is 3.21. The van der Waals surface area contributed by atoms with Gasteiger partial charge >= 0.3 is 0 Å². The van der Waals surface area contributed by atoms with Crippen LogP contribution in [0.5, 0.6) is 5.75 Å². The first-order chi connectivity index (χ1) is 15.2. The first-order valence-electron chi connectivity index (χ1n) is 9.60. The zero-order valence-corrected chi connectivity index (χ0v) is 17.2. The summed E-state index contributed by atoms with van der Waals surface area (Å²) in [4.78, 5) is 17.0. The molecule has 1 N–H and O–H groups in total. The third-order valence-electron chi connectivity index (χ3n) is 4.32. The third kappa shape index (κ3) is 5.58. The molecule has 1 aromatic heterocycles. The van der Waals surface area contributed by atoms with Crippen LogP contribution in [0, 0.1) is 0 Å². The molecule has 0 aliphatic carbocycles. The largest absolute Gasteiger partial charge is 0.484 e. The summed E-state index contributed by atoms with van der Waals surface area (Å²) >= 11 is 5.87. The van der Waals surface area contributed by atoms with Gasteiger partial charge in [-0.25, -0.2) is 9.66 Å². The number of nitrogens with one attached hydrogen (secondary N) is 1. The lowest BCUT2D eigenvalue weighted by molar-refractivity contribution is -0.118. The molecule has 0 spiro atoms. The molecule has 4 rings (SSSR count). The van der Waals surface area contributed by atoms with E-state index in [2.05, 4.69) is 15.4 Å². The highest BCUT2D eigenvalue weighted by molar-refractivity contribution is 6.30. The summed E-state index contributed by atoms with van der Waals surface area (Å²) in [5.74, 6) is 0.502. The second-order valence-electron chi connectivity index (χ2n) is 6.61. The van der Waals surface area contributed by atoms with Crippen molar-refractivity contribution in [2.75, 3.05) is 11.9 Å². The molecule has 0 radical (unpaired) electrons. The topological polar surface area (TPSA) is 68.5 Å². The second-order valence-corrected chi connectivity index (χ2v) is 7.04. The van der Waals surface area contributed by atoms with E-state index in [-0.39, 0.29) is 12.5 Å². The fourth-order valence-electron chi connectivity index (χ4n) is 2.80. The number of hydrogen-bond acceptors (Lipinski definition) is 4. The molecule has 0 unspecified atom stereocenters. The Morgan fingerprint density at radius 2 is 1.68 bits per heavy atom. The van der Waals surface area contributed by atoms with Gasteiger partial charge < -0.3 is 4.74 Å². The van der Waals surface area contributed by atoms with Crippen LogP contribution in [0.2, 0.25) is 5.02 Å². The molecule has 0 fully saturated rings. The predicted molar refractivity (Wildman–Crippen MR) is 123 cm³/mol. The minimum absolute atomic E-state index is 0.169. The van der Waals surface area contributed by atoms with Crippen molar-refractivity contribution >= 4 is 29.7 Å². The predicted octanol–water partition coefficient (Wildman–Crippen LogP) is 5.10. The van der Waals surface area contributed by atoms with E-state index < -0.39 is 0 Å². The van der Waals surface area contributed by atoms with E-state index in [1.807, 2.05) is 60.7 Å². The Bertz CT molecular complexity index is 1170. The average molecular weight is 431 g/mol. The van der Waals surface area contributed by atoms with Crippen LogP contribution in [0.4, 0.5) is 5.95 Å². The third-order valence-corrected chi connectivity index (χ3v) is 4.58. The lowest BCUT2D eigenvalue weighted by atomic mass is 10.2. The fourth-order valence-corrected chi connectivity index (χ4v) is 2.93. The number of rotatable bonds is 7. The van der Waals surface area contributed by atoms with Gasteiger partial charge in [-0.2, -0.15) is 5.10 Å². The lowest BCUT2D eigenvalue weighted by Gasteiger charge is -2.07. The number of hydrogen-bond donors (Lipinski definition) is 1. The van der Waals surface area contributed by atoms with Gasteiger partial charge in [0, 0.05) is 10.6 Å². The van der Waals surface area contributed by atoms with E-state index in [9.17, 15) is 4.79 Å². The van der Waals surface area contributed by atoms with Crippen molar-refractivity contribution in [3.05, 3.63) is 102 Å². The molecule has 0 aliphatic rings. The molecule has 0 bridgehead atoms. The summed E-state index contributed by atoms with van der Waals surface area (Å²) in [5, 5.41) is 7.83. The number of amides is 1. The Hall–Kier alpha value is -3.90. The van der Waals surface area contributed by atoms with E-state index in [1.165, 1.54) is 4.68 Å². The van der Waals surface area contributed by atoms with Crippen LogP contribution in [0.1, 0.15) is 5.56 Å². The number of benzene rings is 3. The van der Waals surface area contributed by atoms with Gasteiger partial charge in [0.2, 0.25) is 5.95 Å². The van der Waals surface area contributed by atoms with Crippen LogP contribution in [0.25, 0.3) is 11.3 Å². The summed E-state index contributed by atoms with van der Waals surface area (Å²) in [6.07, 6.45) is 3.47. The molecule has 0 aliphatic heterocycles. The first-order valence-corrected chi connectivity index (χ1v) is 9.97. The zero-order chi connectivity index (χ0) is 21.5. The molecule has 4 aromatic rings. The summed E-state index contributed by atoms with van der Waals surface area (Å²) in [5.41, 5.74) is 2.55. The SMILES string of the molecule is O=C(COc1ccc(Cl)cc1)Nc1nc(-c2ccccc2)cn1/N=C\c1ccccc1. The number of ether oxygens (including phenoxy) is 1. The highest BCUT2D eigenvalue weighted by atomic mass is 35.5. The van der Waals surface area contributed by atoms with Gasteiger partial charge in [-0.3, -0.25) is 10.1 Å². The van der Waals surface area contributed by atoms with Gasteiger partial charge in [0.25, 0.3) is 5.91 Å². The number of aromatic nitrogens is 2. The van der Waals surface area contributed by atoms with E-state index in [0.29, 0.717) is 22.4 Å². The van der Waals surface area contributed by atoms with Gasteiger partial charge in [-0.05, 0) is 29.8 Å². The maximum Gasteiger partial charge on any atom is 0.264 e. The van der Waals surface area contributed by atoms with Crippen molar-refractivity contribution in [3.8, 4) is 17.0 Å². The normalized spacial score (nSPS) is 10.9. The molecule has 0 atom stereocenters. The van der Waals surface area contributed by atoms with E-state index in [4.69, 9.17) is 16.3 Å². The van der Waals surface area contributed by atoms with Gasteiger partial charge in [0.05, 0.1) is 18.1 Å². The van der Waals surface area contributed by atoms with Crippen LogP contribution in [0.3, 0.4) is 0 Å². The Morgan fingerprint density at radius 3 is 2.39 bits per heavy atom. The summed E-state index contributed by atoms with van der Waals surface area (Å²) < 4.78 is 7.05. The Labute approximate surface area is 184 Å². The van der Waals surface area contributed by atoms with Crippen molar-refractivity contribution in [2.24, 2.45) is 5.10 Å². The van der Waals surface area contributed by atoms with E-state index in [1.54, 1.807) is 36.7 Å². The molecule has 6 nitrogen and oxygen atoms in total. The minimum atomic E-state index is -0.351. The van der Waals surface area contributed by atoms with Gasteiger partial charge in [-0.1, -0.05) is 72.3 Å². The zero-order valence-electron chi connectivity index (χ0n) is 16.5. The molecule has 7 heteroatoms. The highest BCUT2D eigenvalue weighted by Crippen LogP contribution is 2.21. The maximum absolute atomic E-state index is 12.5. The van der Waals surface area contributed by atoms with Crippen molar-refractivity contribution in [2.45, 2.75) is 0 Å². The summed E-state index contributed by atoms with van der Waals surface area (Å²) in [6.45, 7) is -0.169. The first kappa shape index (κ1) is 20.4. The quantitative estimate of drug-likeness (QED) is 0.414. The fraction of sp³-hybridized carbons (Fsp3) is 0.0417. The number of carbonyl (C=O) groups excluding carboxylic acids is 1. The molecular weight excluding hydrogens is 412 g/mol. The molecule has 0 saturated heterocycles. The Morgan fingerprint density at radius 1 is 1.00 bits per heavy atom. The smallest absolute Gasteiger partial charge is 0.264 e.